The van der Waals surface area contributed by atoms with Crippen LogP contribution in [0.15, 0.2) is 30.3 Å². The molecule has 3 aromatic rings. The van der Waals surface area contributed by atoms with Gasteiger partial charge in [-0.25, -0.2) is 4.98 Å². The number of hydrogen-bond acceptors (Lipinski definition) is 4. The van der Waals surface area contributed by atoms with E-state index in [1.54, 1.807) is 7.11 Å². The standard InChI is InChI=1S/C17H17ClN4O/c1-23-17-19-14-10-13(18)15(20-16(14)21-17)11-4-6-12(7-5-11)22-8-2-3-9-22/h4-7,10H,2-3,8-9H2,1H3,(H,19,20,21). The second-order valence-corrected chi connectivity index (χ2v) is 6.08. The maximum atomic E-state index is 6.40. The summed E-state index contributed by atoms with van der Waals surface area (Å²) in [5.74, 6) is 0. The fraction of sp³-hybridized carbons (Fsp3) is 0.294. The molecule has 5 nitrogen and oxygen atoms in total. The van der Waals surface area contributed by atoms with Gasteiger partial charge in [0.2, 0.25) is 0 Å². The van der Waals surface area contributed by atoms with Gasteiger partial charge in [-0.1, -0.05) is 23.7 Å². The van der Waals surface area contributed by atoms with Crippen molar-refractivity contribution in [2.45, 2.75) is 12.8 Å². The van der Waals surface area contributed by atoms with Crippen LogP contribution < -0.4 is 9.64 Å². The summed E-state index contributed by atoms with van der Waals surface area (Å²) >= 11 is 6.40. The number of aromatic amines is 1. The largest absolute Gasteiger partial charge is 0.468 e. The molecule has 1 aliphatic heterocycles. The maximum absolute atomic E-state index is 6.40. The highest BCUT2D eigenvalue weighted by molar-refractivity contribution is 6.33. The first kappa shape index (κ1) is 14.3. The molecular weight excluding hydrogens is 312 g/mol. The fourth-order valence-electron chi connectivity index (χ4n) is 3.00. The van der Waals surface area contributed by atoms with Gasteiger partial charge in [0.25, 0.3) is 6.01 Å². The third-order valence-electron chi connectivity index (χ3n) is 4.21. The number of H-pyrrole nitrogens is 1. The molecule has 3 heterocycles. The molecule has 1 saturated heterocycles. The Balaban J connectivity index is 1.71. The number of imidazole rings is 1. The molecule has 1 N–H and O–H groups in total. The number of rotatable bonds is 3. The van der Waals surface area contributed by atoms with E-state index >= 15 is 0 Å². The Morgan fingerprint density at radius 2 is 1.87 bits per heavy atom. The van der Waals surface area contributed by atoms with E-state index < -0.39 is 0 Å². The summed E-state index contributed by atoms with van der Waals surface area (Å²) in [5, 5.41) is 0.595. The Morgan fingerprint density at radius 1 is 1.13 bits per heavy atom. The molecule has 0 radical (unpaired) electrons. The molecule has 6 heteroatoms. The molecule has 1 aliphatic rings. The summed E-state index contributed by atoms with van der Waals surface area (Å²) in [5.41, 5.74) is 4.35. The first-order chi connectivity index (χ1) is 11.2. The fourth-order valence-corrected chi connectivity index (χ4v) is 3.26. The first-order valence-electron chi connectivity index (χ1n) is 7.70. The minimum absolute atomic E-state index is 0.435. The summed E-state index contributed by atoms with van der Waals surface area (Å²) in [6.07, 6.45) is 2.54. The van der Waals surface area contributed by atoms with E-state index in [9.17, 15) is 0 Å². The van der Waals surface area contributed by atoms with Gasteiger partial charge >= 0.3 is 0 Å². The van der Waals surface area contributed by atoms with E-state index in [-0.39, 0.29) is 0 Å². The Kier molecular flexibility index (Phi) is 3.58. The lowest BCUT2D eigenvalue weighted by molar-refractivity contribution is 0.386. The molecule has 0 atom stereocenters. The number of halogens is 1. The van der Waals surface area contributed by atoms with Crippen LogP contribution in [0.25, 0.3) is 22.4 Å². The van der Waals surface area contributed by atoms with Gasteiger partial charge in [-0.3, -0.25) is 0 Å². The van der Waals surface area contributed by atoms with Crippen LogP contribution in [0.3, 0.4) is 0 Å². The lowest BCUT2D eigenvalue weighted by atomic mass is 10.1. The van der Waals surface area contributed by atoms with Crippen molar-refractivity contribution in [1.29, 1.82) is 0 Å². The number of aromatic nitrogens is 3. The molecule has 1 aromatic carbocycles. The Labute approximate surface area is 139 Å². The van der Waals surface area contributed by atoms with Crippen LogP contribution in [0.4, 0.5) is 5.69 Å². The van der Waals surface area contributed by atoms with Gasteiger partial charge in [-0.2, -0.15) is 4.98 Å². The van der Waals surface area contributed by atoms with Gasteiger partial charge in [0.05, 0.1) is 23.3 Å². The van der Waals surface area contributed by atoms with Crippen LogP contribution in [0.1, 0.15) is 12.8 Å². The third kappa shape index (κ3) is 2.61. The van der Waals surface area contributed by atoms with E-state index in [0.717, 1.165) is 29.9 Å². The van der Waals surface area contributed by atoms with E-state index in [1.807, 2.05) is 6.07 Å². The van der Waals surface area contributed by atoms with Crippen LogP contribution in [-0.2, 0) is 0 Å². The summed E-state index contributed by atoms with van der Waals surface area (Å²) in [6.45, 7) is 2.27. The van der Waals surface area contributed by atoms with Crippen molar-refractivity contribution in [2.24, 2.45) is 0 Å². The summed E-state index contributed by atoms with van der Waals surface area (Å²) in [7, 11) is 1.57. The predicted molar refractivity (Wildman–Crippen MR) is 92.3 cm³/mol. The molecule has 0 aliphatic carbocycles. The molecular formula is C17H17ClN4O. The zero-order chi connectivity index (χ0) is 15.8. The number of nitrogens with zero attached hydrogens (tertiary/aromatic N) is 3. The number of benzene rings is 1. The topological polar surface area (TPSA) is 54.0 Å². The van der Waals surface area contributed by atoms with Crippen LogP contribution in [0, 0.1) is 0 Å². The molecule has 118 valence electrons. The summed E-state index contributed by atoms with van der Waals surface area (Å²) in [6, 6.07) is 10.7. The zero-order valence-corrected chi connectivity index (χ0v) is 13.6. The highest BCUT2D eigenvalue weighted by Crippen LogP contribution is 2.31. The van der Waals surface area contributed by atoms with Gasteiger partial charge in [0, 0.05) is 24.3 Å². The Bertz CT molecular complexity index is 838. The first-order valence-corrected chi connectivity index (χ1v) is 8.08. The quantitative estimate of drug-likeness (QED) is 0.792. The van der Waals surface area contributed by atoms with Crippen molar-refractivity contribution in [3.05, 3.63) is 35.4 Å². The molecule has 4 rings (SSSR count). The van der Waals surface area contributed by atoms with Crippen LogP contribution >= 0.6 is 11.6 Å². The van der Waals surface area contributed by atoms with Crippen molar-refractivity contribution in [3.63, 3.8) is 0 Å². The number of nitrogens with one attached hydrogen (secondary N) is 1. The number of anilines is 1. The molecule has 0 saturated carbocycles. The van der Waals surface area contributed by atoms with Crippen LogP contribution in [0.5, 0.6) is 6.01 Å². The van der Waals surface area contributed by atoms with E-state index in [4.69, 9.17) is 16.3 Å². The smallest absolute Gasteiger partial charge is 0.295 e. The maximum Gasteiger partial charge on any atom is 0.295 e. The second kappa shape index (κ2) is 5.74. The summed E-state index contributed by atoms with van der Waals surface area (Å²) in [4.78, 5) is 14.3. The predicted octanol–water partition coefficient (Wildman–Crippen LogP) is 3.89. The van der Waals surface area contributed by atoms with Crippen LogP contribution in [0.2, 0.25) is 5.02 Å². The molecule has 1 fully saturated rings. The van der Waals surface area contributed by atoms with Gasteiger partial charge in [-0.05, 0) is 31.0 Å². The highest BCUT2D eigenvalue weighted by Gasteiger charge is 2.14. The number of ether oxygens (including phenoxy) is 1. The molecule has 2 aromatic heterocycles. The molecule has 0 bridgehead atoms. The molecule has 0 spiro atoms. The monoisotopic (exact) mass is 328 g/mol. The molecule has 0 unspecified atom stereocenters. The molecule has 0 amide bonds. The number of methoxy groups -OCH3 is 1. The normalized spacial score (nSPS) is 14.6. The van der Waals surface area contributed by atoms with Crippen molar-refractivity contribution in [3.8, 4) is 17.3 Å². The lowest BCUT2D eigenvalue weighted by Crippen LogP contribution is -2.17. The van der Waals surface area contributed by atoms with Crippen molar-refractivity contribution in [2.75, 3.05) is 25.1 Å². The second-order valence-electron chi connectivity index (χ2n) is 5.68. The van der Waals surface area contributed by atoms with Gasteiger partial charge in [-0.15, -0.1) is 0 Å². The van der Waals surface area contributed by atoms with Gasteiger partial charge in [0.1, 0.15) is 0 Å². The lowest BCUT2D eigenvalue weighted by Gasteiger charge is -2.17. The zero-order valence-electron chi connectivity index (χ0n) is 12.8. The number of fused-ring (bicyclic) bond motifs is 1. The third-order valence-corrected chi connectivity index (χ3v) is 4.50. The minimum atomic E-state index is 0.435. The van der Waals surface area contributed by atoms with Crippen molar-refractivity contribution >= 4 is 28.5 Å². The van der Waals surface area contributed by atoms with Gasteiger partial charge < -0.3 is 14.6 Å². The van der Waals surface area contributed by atoms with Crippen molar-refractivity contribution in [1.82, 2.24) is 15.0 Å². The van der Waals surface area contributed by atoms with E-state index in [1.165, 1.54) is 18.5 Å². The average Bonchev–Trinajstić information content (AvgIpc) is 3.23. The average molecular weight is 329 g/mol. The van der Waals surface area contributed by atoms with E-state index in [0.29, 0.717) is 16.7 Å². The number of pyridine rings is 1. The highest BCUT2D eigenvalue weighted by atomic mass is 35.5. The minimum Gasteiger partial charge on any atom is -0.468 e. The van der Waals surface area contributed by atoms with Gasteiger partial charge in [0.15, 0.2) is 5.65 Å². The Morgan fingerprint density at radius 3 is 2.57 bits per heavy atom. The van der Waals surface area contributed by atoms with Crippen molar-refractivity contribution < 1.29 is 4.74 Å². The van der Waals surface area contributed by atoms with Crippen LogP contribution in [-0.4, -0.2) is 35.2 Å². The van der Waals surface area contributed by atoms with E-state index in [2.05, 4.69) is 44.1 Å². The summed E-state index contributed by atoms with van der Waals surface area (Å²) < 4.78 is 5.10. The Hall–Kier alpha value is -2.27. The SMILES string of the molecule is COc1nc2nc(-c3ccc(N4CCCC4)cc3)c(Cl)cc2[nH]1. The molecule has 23 heavy (non-hydrogen) atoms. The number of hydrogen-bond donors (Lipinski definition) is 1.